The standard InChI is InChI=1S/C19H20N2O3S2/c1-12-21-17(13-6-10-16(11-7-13)26(20,23)24)18(25-12)14-4-8-15(9-5-14)19(2,3)22/h4-11,22H,1-3H3,(H2,20,23,24). The Labute approximate surface area is 157 Å². The molecule has 0 aliphatic rings. The lowest BCUT2D eigenvalue weighted by Crippen LogP contribution is -2.14. The fourth-order valence-electron chi connectivity index (χ4n) is 2.65. The van der Waals surface area contributed by atoms with E-state index in [1.807, 2.05) is 31.2 Å². The van der Waals surface area contributed by atoms with Crippen LogP contribution in [-0.2, 0) is 15.6 Å². The first-order chi connectivity index (χ1) is 12.1. The van der Waals surface area contributed by atoms with Gasteiger partial charge in [0, 0.05) is 5.56 Å². The first-order valence-electron chi connectivity index (χ1n) is 7.99. The Hall–Kier alpha value is -2.06. The van der Waals surface area contributed by atoms with Crippen molar-refractivity contribution in [2.45, 2.75) is 31.3 Å². The summed E-state index contributed by atoms with van der Waals surface area (Å²) in [6, 6.07) is 14.1. The van der Waals surface area contributed by atoms with Gasteiger partial charge in [0.05, 0.1) is 26.1 Å². The summed E-state index contributed by atoms with van der Waals surface area (Å²) in [6.07, 6.45) is 0. The van der Waals surface area contributed by atoms with Crippen LogP contribution in [0.2, 0.25) is 0 Å². The molecule has 1 heterocycles. The minimum atomic E-state index is -3.72. The zero-order chi connectivity index (χ0) is 19.1. The van der Waals surface area contributed by atoms with Crippen molar-refractivity contribution < 1.29 is 13.5 Å². The second-order valence-electron chi connectivity index (χ2n) is 6.62. The van der Waals surface area contributed by atoms with Crippen molar-refractivity contribution in [3.63, 3.8) is 0 Å². The quantitative estimate of drug-likeness (QED) is 0.713. The average Bonchev–Trinajstić information content (AvgIpc) is 2.95. The van der Waals surface area contributed by atoms with Crippen LogP contribution in [0.25, 0.3) is 21.7 Å². The third-order valence-electron chi connectivity index (χ3n) is 4.04. The molecule has 0 radical (unpaired) electrons. The molecule has 1 aromatic heterocycles. The molecule has 0 saturated heterocycles. The van der Waals surface area contributed by atoms with Gasteiger partial charge >= 0.3 is 0 Å². The Morgan fingerprint density at radius 3 is 2.04 bits per heavy atom. The monoisotopic (exact) mass is 388 g/mol. The normalized spacial score (nSPS) is 12.3. The molecule has 3 aromatic rings. The van der Waals surface area contributed by atoms with Gasteiger partial charge in [-0.25, -0.2) is 18.5 Å². The number of rotatable bonds is 4. The molecular formula is C19H20N2O3S2. The summed E-state index contributed by atoms with van der Waals surface area (Å²) in [6.45, 7) is 5.43. The Kier molecular flexibility index (Phi) is 4.74. The lowest BCUT2D eigenvalue weighted by Gasteiger charge is -2.17. The third kappa shape index (κ3) is 3.86. The van der Waals surface area contributed by atoms with Crippen molar-refractivity contribution in [2.24, 2.45) is 5.14 Å². The van der Waals surface area contributed by atoms with Gasteiger partial charge in [-0.1, -0.05) is 36.4 Å². The maximum atomic E-state index is 11.4. The molecule has 7 heteroatoms. The number of aromatic nitrogens is 1. The number of sulfonamides is 1. The number of aliphatic hydroxyl groups is 1. The second kappa shape index (κ2) is 6.59. The van der Waals surface area contributed by atoms with E-state index in [1.54, 1.807) is 37.3 Å². The van der Waals surface area contributed by atoms with Gasteiger partial charge in [-0.15, -0.1) is 11.3 Å². The summed E-state index contributed by atoms with van der Waals surface area (Å²) < 4.78 is 22.9. The van der Waals surface area contributed by atoms with Crippen LogP contribution < -0.4 is 5.14 Å². The van der Waals surface area contributed by atoms with Crippen molar-refractivity contribution in [3.05, 3.63) is 59.1 Å². The number of hydrogen-bond acceptors (Lipinski definition) is 5. The first-order valence-corrected chi connectivity index (χ1v) is 10.4. The maximum Gasteiger partial charge on any atom is 0.238 e. The van der Waals surface area contributed by atoms with Crippen molar-refractivity contribution in [1.82, 2.24) is 4.98 Å². The van der Waals surface area contributed by atoms with E-state index in [-0.39, 0.29) is 4.90 Å². The van der Waals surface area contributed by atoms with E-state index in [2.05, 4.69) is 4.98 Å². The predicted octanol–water partition coefficient (Wildman–Crippen LogP) is 3.66. The van der Waals surface area contributed by atoms with Crippen molar-refractivity contribution in [1.29, 1.82) is 0 Å². The molecular weight excluding hydrogens is 368 g/mol. The van der Waals surface area contributed by atoms with Crippen LogP contribution in [0.5, 0.6) is 0 Å². The SMILES string of the molecule is Cc1nc(-c2ccc(S(N)(=O)=O)cc2)c(-c2ccc(C(C)(C)O)cc2)s1. The fraction of sp³-hybridized carbons (Fsp3) is 0.211. The Bertz CT molecular complexity index is 1030. The molecule has 0 atom stereocenters. The lowest BCUT2D eigenvalue weighted by molar-refractivity contribution is 0.0786. The van der Waals surface area contributed by atoms with Crippen LogP contribution in [0, 0.1) is 6.92 Å². The molecule has 2 aromatic carbocycles. The molecule has 0 aliphatic heterocycles. The molecule has 5 nitrogen and oxygen atoms in total. The molecule has 136 valence electrons. The highest BCUT2D eigenvalue weighted by Crippen LogP contribution is 2.37. The topological polar surface area (TPSA) is 93.3 Å². The molecule has 0 aliphatic carbocycles. The molecule has 26 heavy (non-hydrogen) atoms. The minimum Gasteiger partial charge on any atom is -0.386 e. The summed E-state index contributed by atoms with van der Waals surface area (Å²) in [7, 11) is -3.72. The molecule has 0 bridgehead atoms. The van der Waals surface area contributed by atoms with E-state index in [0.717, 1.165) is 32.3 Å². The van der Waals surface area contributed by atoms with E-state index >= 15 is 0 Å². The van der Waals surface area contributed by atoms with Crippen LogP contribution in [0.1, 0.15) is 24.4 Å². The highest BCUT2D eigenvalue weighted by Gasteiger charge is 2.18. The largest absolute Gasteiger partial charge is 0.386 e. The average molecular weight is 389 g/mol. The van der Waals surface area contributed by atoms with Crippen molar-refractivity contribution in [3.8, 4) is 21.7 Å². The van der Waals surface area contributed by atoms with Gasteiger partial charge in [0.2, 0.25) is 10.0 Å². The van der Waals surface area contributed by atoms with E-state index in [4.69, 9.17) is 5.14 Å². The van der Waals surface area contributed by atoms with Gasteiger partial charge in [-0.05, 0) is 44.0 Å². The summed E-state index contributed by atoms with van der Waals surface area (Å²) in [5.41, 5.74) is 2.55. The van der Waals surface area contributed by atoms with E-state index < -0.39 is 15.6 Å². The van der Waals surface area contributed by atoms with Gasteiger partial charge in [0.25, 0.3) is 0 Å². The van der Waals surface area contributed by atoms with E-state index in [0.29, 0.717) is 0 Å². The number of nitrogens with zero attached hydrogens (tertiary/aromatic N) is 1. The summed E-state index contributed by atoms with van der Waals surface area (Å²) in [4.78, 5) is 5.68. The number of thiazole rings is 1. The number of primary sulfonamides is 1. The second-order valence-corrected chi connectivity index (χ2v) is 9.38. The van der Waals surface area contributed by atoms with Gasteiger partial charge in [0.15, 0.2) is 0 Å². The van der Waals surface area contributed by atoms with E-state index in [1.165, 1.54) is 12.1 Å². The molecule has 3 rings (SSSR count). The number of aryl methyl sites for hydroxylation is 1. The Balaban J connectivity index is 2.04. The van der Waals surface area contributed by atoms with Crippen LogP contribution in [0.15, 0.2) is 53.4 Å². The molecule has 0 saturated carbocycles. The maximum absolute atomic E-state index is 11.4. The molecule has 3 N–H and O–H groups in total. The van der Waals surface area contributed by atoms with Gasteiger partial charge in [0.1, 0.15) is 0 Å². The number of benzene rings is 2. The minimum absolute atomic E-state index is 0.0734. The smallest absolute Gasteiger partial charge is 0.238 e. The highest BCUT2D eigenvalue weighted by atomic mass is 32.2. The van der Waals surface area contributed by atoms with Crippen LogP contribution in [0.4, 0.5) is 0 Å². The molecule has 0 amide bonds. The Morgan fingerprint density at radius 2 is 1.54 bits per heavy atom. The fourth-order valence-corrected chi connectivity index (χ4v) is 4.11. The van der Waals surface area contributed by atoms with E-state index in [9.17, 15) is 13.5 Å². The zero-order valence-corrected chi connectivity index (χ0v) is 16.4. The number of nitrogens with two attached hydrogens (primary N) is 1. The predicted molar refractivity (Wildman–Crippen MR) is 104 cm³/mol. The van der Waals surface area contributed by atoms with Crippen LogP contribution in [-0.4, -0.2) is 18.5 Å². The first kappa shape index (κ1) is 18.7. The van der Waals surface area contributed by atoms with Crippen LogP contribution >= 0.6 is 11.3 Å². The van der Waals surface area contributed by atoms with Gasteiger partial charge in [-0.2, -0.15) is 0 Å². The Morgan fingerprint density at radius 1 is 1.00 bits per heavy atom. The van der Waals surface area contributed by atoms with Crippen molar-refractivity contribution in [2.75, 3.05) is 0 Å². The molecule has 0 fully saturated rings. The molecule has 0 unspecified atom stereocenters. The molecule has 0 spiro atoms. The van der Waals surface area contributed by atoms with Gasteiger partial charge in [-0.3, -0.25) is 0 Å². The van der Waals surface area contributed by atoms with Crippen molar-refractivity contribution >= 4 is 21.4 Å². The zero-order valence-electron chi connectivity index (χ0n) is 14.7. The van der Waals surface area contributed by atoms with Gasteiger partial charge < -0.3 is 5.11 Å². The summed E-state index contributed by atoms with van der Waals surface area (Å²) in [5, 5.41) is 16.2. The van der Waals surface area contributed by atoms with Crippen LogP contribution in [0.3, 0.4) is 0 Å². The highest BCUT2D eigenvalue weighted by molar-refractivity contribution is 7.89. The number of hydrogen-bond donors (Lipinski definition) is 2. The lowest BCUT2D eigenvalue weighted by atomic mass is 9.96. The summed E-state index contributed by atoms with van der Waals surface area (Å²) >= 11 is 1.57. The summed E-state index contributed by atoms with van der Waals surface area (Å²) in [5.74, 6) is 0. The third-order valence-corrected chi connectivity index (χ3v) is 5.99.